The Bertz CT molecular complexity index is 585. The van der Waals surface area contributed by atoms with E-state index in [9.17, 15) is 13.2 Å². The van der Waals surface area contributed by atoms with E-state index in [0.29, 0.717) is 5.56 Å². The number of hydrogen-bond donors (Lipinski definition) is 0. The molecular weight excluding hydrogens is 224 g/mol. The Labute approximate surface area is 94.4 Å². The molecule has 0 bridgehead atoms. The van der Waals surface area contributed by atoms with E-state index >= 15 is 0 Å². The van der Waals surface area contributed by atoms with Crippen molar-refractivity contribution in [2.75, 3.05) is 5.75 Å². The van der Waals surface area contributed by atoms with Crippen molar-refractivity contribution in [2.24, 2.45) is 0 Å². The minimum atomic E-state index is -3.22. The molecule has 2 aliphatic rings. The Morgan fingerprint density at radius 3 is 2.44 bits per heavy atom. The number of rotatable bonds is 0. The van der Waals surface area contributed by atoms with Gasteiger partial charge in [0.05, 0.1) is 10.6 Å². The van der Waals surface area contributed by atoms with Gasteiger partial charge in [-0.25, -0.2) is 8.42 Å². The summed E-state index contributed by atoms with van der Waals surface area (Å²) in [4.78, 5) is 12.0. The van der Waals surface area contributed by atoms with Crippen LogP contribution in [-0.2, 0) is 22.7 Å². The van der Waals surface area contributed by atoms with Crippen LogP contribution in [0.3, 0.4) is 0 Å². The van der Waals surface area contributed by atoms with Crippen LogP contribution in [0, 0.1) is 0 Å². The van der Waals surface area contributed by atoms with Crippen molar-refractivity contribution in [3.05, 3.63) is 28.8 Å². The fourth-order valence-electron chi connectivity index (χ4n) is 2.55. The van der Waals surface area contributed by atoms with Gasteiger partial charge in [-0.3, -0.25) is 4.79 Å². The molecule has 0 spiro atoms. The van der Waals surface area contributed by atoms with Gasteiger partial charge in [0.15, 0.2) is 15.6 Å². The Hall–Kier alpha value is -1.16. The molecular formula is C12H12O3S. The summed E-state index contributed by atoms with van der Waals surface area (Å²) in [6.07, 6.45) is 3.10. The fourth-order valence-corrected chi connectivity index (χ4v) is 4.05. The molecule has 0 aromatic heterocycles. The van der Waals surface area contributed by atoms with Crippen LogP contribution in [0.4, 0.5) is 0 Å². The van der Waals surface area contributed by atoms with Crippen LogP contribution in [0.5, 0.6) is 0 Å². The Morgan fingerprint density at radius 1 is 1.00 bits per heavy atom. The number of aryl methyl sites for hydroxylation is 2. The number of benzene rings is 1. The number of ketones is 1. The van der Waals surface area contributed by atoms with Crippen molar-refractivity contribution in [3.63, 3.8) is 0 Å². The van der Waals surface area contributed by atoms with Gasteiger partial charge < -0.3 is 0 Å². The van der Waals surface area contributed by atoms with Gasteiger partial charge in [-0.05, 0) is 42.5 Å². The molecule has 0 saturated carbocycles. The predicted molar refractivity (Wildman–Crippen MR) is 59.5 cm³/mol. The molecule has 0 fully saturated rings. The van der Waals surface area contributed by atoms with Crippen molar-refractivity contribution in [2.45, 2.75) is 30.6 Å². The molecule has 1 aliphatic carbocycles. The van der Waals surface area contributed by atoms with Crippen LogP contribution in [-0.4, -0.2) is 20.0 Å². The van der Waals surface area contributed by atoms with Gasteiger partial charge in [0.2, 0.25) is 0 Å². The smallest absolute Gasteiger partial charge is 0.179 e. The number of carbonyl (C=O) groups excluding carboxylic acids is 1. The lowest BCUT2D eigenvalue weighted by molar-refractivity contribution is 0.0983. The summed E-state index contributed by atoms with van der Waals surface area (Å²) in [6, 6.07) is 3.53. The first-order valence-corrected chi connectivity index (χ1v) is 7.15. The molecule has 1 aromatic carbocycles. The highest BCUT2D eigenvalue weighted by Gasteiger charge is 2.30. The maximum Gasteiger partial charge on any atom is 0.179 e. The first-order chi connectivity index (χ1) is 7.58. The van der Waals surface area contributed by atoms with Gasteiger partial charge in [-0.1, -0.05) is 0 Å². The molecule has 3 rings (SSSR count). The van der Waals surface area contributed by atoms with E-state index in [-0.39, 0.29) is 22.9 Å². The van der Waals surface area contributed by atoms with E-state index in [0.717, 1.165) is 30.4 Å². The van der Waals surface area contributed by atoms with Crippen molar-refractivity contribution >= 4 is 15.6 Å². The standard InChI is InChI=1S/C12H12O3S/c13-11-4-5-16(14,15)12-7-9-3-1-2-8(9)6-10(11)12/h6-7H,1-5H2. The molecule has 0 saturated heterocycles. The lowest BCUT2D eigenvalue weighted by Gasteiger charge is -2.16. The van der Waals surface area contributed by atoms with E-state index in [2.05, 4.69) is 0 Å². The number of carbonyl (C=O) groups is 1. The van der Waals surface area contributed by atoms with Gasteiger partial charge in [0.25, 0.3) is 0 Å². The average molecular weight is 236 g/mol. The van der Waals surface area contributed by atoms with Gasteiger partial charge in [-0.2, -0.15) is 0 Å². The van der Waals surface area contributed by atoms with Crippen molar-refractivity contribution in [3.8, 4) is 0 Å². The highest BCUT2D eigenvalue weighted by Crippen LogP contribution is 2.32. The van der Waals surface area contributed by atoms with E-state index in [4.69, 9.17) is 0 Å². The topological polar surface area (TPSA) is 51.2 Å². The first-order valence-electron chi connectivity index (χ1n) is 5.50. The summed E-state index contributed by atoms with van der Waals surface area (Å²) < 4.78 is 23.7. The fraction of sp³-hybridized carbons (Fsp3) is 0.417. The number of Topliss-reactive ketones (excluding diaryl/α,β-unsaturated/α-hetero) is 1. The Balaban J connectivity index is 2.31. The highest BCUT2D eigenvalue weighted by molar-refractivity contribution is 7.91. The molecule has 16 heavy (non-hydrogen) atoms. The molecule has 84 valence electrons. The summed E-state index contributed by atoms with van der Waals surface area (Å²) in [5, 5.41) is 0. The van der Waals surface area contributed by atoms with E-state index in [1.54, 1.807) is 12.1 Å². The third-order valence-electron chi connectivity index (χ3n) is 3.43. The maximum absolute atomic E-state index is 11.9. The van der Waals surface area contributed by atoms with Gasteiger partial charge in [0.1, 0.15) is 0 Å². The second kappa shape index (κ2) is 3.17. The van der Waals surface area contributed by atoms with Crippen molar-refractivity contribution < 1.29 is 13.2 Å². The molecule has 4 heteroatoms. The van der Waals surface area contributed by atoms with Gasteiger partial charge in [0, 0.05) is 12.0 Å². The summed E-state index contributed by atoms with van der Waals surface area (Å²) in [6.45, 7) is 0. The van der Waals surface area contributed by atoms with Crippen LogP contribution in [0.1, 0.15) is 34.3 Å². The summed E-state index contributed by atoms with van der Waals surface area (Å²) >= 11 is 0. The zero-order valence-electron chi connectivity index (χ0n) is 8.82. The highest BCUT2D eigenvalue weighted by atomic mass is 32.2. The predicted octanol–water partition coefficient (Wildman–Crippen LogP) is 1.54. The van der Waals surface area contributed by atoms with E-state index in [1.807, 2.05) is 0 Å². The SMILES string of the molecule is O=C1CCS(=O)(=O)c2cc3c(cc21)CCC3. The quantitative estimate of drug-likeness (QED) is 0.686. The molecule has 3 nitrogen and oxygen atoms in total. The average Bonchev–Trinajstić information content (AvgIpc) is 2.69. The third kappa shape index (κ3) is 1.33. The van der Waals surface area contributed by atoms with Crippen LogP contribution < -0.4 is 0 Å². The molecule has 1 heterocycles. The van der Waals surface area contributed by atoms with Crippen LogP contribution in [0.2, 0.25) is 0 Å². The second-order valence-corrected chi connectivity index (χ2v) is 6.54. The van der Waals surface area contributed by atoms with Crippen LogP contribution >= 0.6 is 0 Å². The summed E-state index contributed by atoms with van der Waals surface area (Å²) in [5.74, 6) is -0.0584. The molecule has 0 atom stereocenters. The lowest BCUT2D eigenvalue weighted by atomic mass is 10.0. The zero-order chi connectivity index (χ0) is 11.3. The lowest BCUT2D eigenvalue weighted by Crippen LogP contribution is -2.21. The molecule has 1 aliphatic heterocycles. The Morgan fingerprint density at radius 2 is 1.69 bits per heavy atom. The van der Waals surface area contributed by atoms with Crippen LogP contribution in [0.15, 0.2) is 17.0 Å². The third-order valence-corrected chi connectivity index (χ3v) is 5.18. The number of hydrogen-bond acceptors (Lipinski definition) is 3. The zero-order valence-corrected chi connectivity index (χ0v) is 9.64. The van der Waals surface area contributed by atoms with Crippen LogP contribution in [0.25, 0.3) is 0 Å². The normalized spacial score (nSPS) is 21.6. The van der Waals surface area contributed by atoms with Gasteiger partial charge >= 0.3 is 0 Å². The summed E-state index contributed by atoms with van der Waals surface area (Å²) in [7, 11) is -3.22. The first kappa shape index (κ1) is 10.0. The maximum atomic E-state index is 11.9. The monoisotopic (exact) mass is 236 g/mol. The summed E-state index contributed by atoms with van der Waals surface area (Å²) in [5.41, 5.74) is 2.69. The van der Waals surface area contributed by atoms with Crippen molar-refractivity contribution in [1.29, 1.82) is 0 Å². The minimum Gasteiger partial charge on any atom is -0.294 e. The second-order valence-electron chi connectivity index (χ2n) is 4.46. The van der Waals surface area contributed by atoms with Crippen molar-refractivity contribution in [1.82, 2.24) is 0 Å². The number of sulfone groups is 1. The molecule has 0 N–H and O–H groups in total. The molecule has 0 amide bonds. The molecule has 0 unspecified atom stereocenters. The molecule has 1 aromatic rings. The minimum absolute atomic E-state index is 0.0282. The van der Waals surface area contributed by atoms with E-state index in [1.165, 1.54) is 0 Å². The number of fused-ring (bicyclic) bond motifs is 2. The molecule has 0 radical (unpaired) electrons. The largest absolute Gasteiger partial charge is 0.294 e. The Kier molecular flexibility index (Phi) is 1.98. The van der Waals surface area contributed by atoms with Gasteiger partial charge in [-0.15, -0.1) is 0 Å². The van der Waals surface area contributed by atoms with E-state index < -0.39 is 9.84 Å².